The summed E-state index contributed by atoms with van der Waals surface area (Å²) in [6.45, 7) is 6.86. The molecule has 1 unspecified atom stereocenters. The first-order chi connectivity index (χ1) is 11.3. The Balaban J connectivity index is 1.49. The minimum atomic E-state index is -0.0556. The summed E-state index contributed by atoms with van der Waals surface area (Å²) < 4.78 is 7.13. The van der Waals surface area contributed by atoms with Crippen LogP contribution >= 0.6 is 0 Å². The Kier molecular flexibility index (Phi) is 5.12. The van der Waals surface area contributed by atoms with Gasteiger partial charge in [-0.25, -0.2) is 4.98 Å². The molecule has 1 aliphatic heterocycles. The van der Waals surface area contributed by atoms with Gasteiger partial charge in [-0.15, -0.1) is 0 Å². The minimum Gasteiger partial charge on any atom is -0.472 e. The maximum Gasteiger partial charge on any atom is 0.254 e. The van der Waals surface area contributed by atoms with Crippen LogP contribution in [-0.2, 0) is 13.1 Å². The number of amides is 1. The van der Waals surface area contributed by atoms with Crippen molar-refractivity contribution in [2.24, 2.45) is 5.92 Å². The van der Waals surface area contributed by atoms with Crippen LogP contribution in [0.15, 0.2) is 35.5 Å². The molecule has 1 fully saturated rings. The van der Waals surface area contributed by atoms with Crippen molar-refractivity contribution in [2.75, 3.05) is 19.6 Å². The van der Waals surface area contributed by atoms with Crippen LogP contribution in [0.5, 0.6) is 0 Å². The van der Waals surface area contributed by atoms with E-state index in [0.717, 1.165) is 32.6 Å². The highest BCUT2D eigenvalue weighted by atomic mass is 16.3. The van der Waals surface area contributed by atoms with Crippen LogP contribution in [0.25, 0.3) is 0 Å². The zero-order valence-electron chi connectivity index (χ0n) is 13.6. The van der Waals surface area contributed by atoms with Gasteiger partial charge in [0.15, 0.2) is 0 Å². The number of nitrogens with one attached hydrogen (secondary N) is 1. The normalized spacial score (nSPS) is 18.9. The molecular weight excluding hydrogens is 292 g/mol. The van der Waals surface area contributed by atoms with Crippen molar-refractivity contribution in [1.29, 1.82) is 0 Å². The molecule has 1 N–H and O–H groups in total. The lowest BCUT2D eigenvalue weighted by atomic mass is 9.97. The standard InChI is InChI=1S/C17H24N4O2/c1-2-21-13-18-9-16(21)11-20-6-3-4-14(10-20)8-19-17(22)15-5-7-23-12-15/h5,7,9,12-14H,2-4,6,8,10-11H2,1H3,(H,19,22). The third-order valence-electron chi connectivity index (χ3n) is 4.46. The van der Waals surface area contributed by atoms with Crippen molar-refractivity contribution in [3.63, 3.8) is 0 Å². The molecule has 2 aromatic rings. The summed E-state index contributed by atoms with van der Waals surface area (Å²) in [6.07, 6.45) is 9.18. The number of piperidine rings is 1. The predicted octanol–water partition coefficient (Wildman–Crippen LogP) is 2.14. The van der Waals surface area contributed by atoms with E-state index in [1.54, 1.807) is 6.07 Å². The molecule has 0 saturated carbocycles. The number of nitrogens with zero attached hydrogens (tertiary/aromatic N) is 3. The first kappa shape index (κ1) is 15.8. The van der Waals surface area contributed by atoms with Gasteiger partial charge in [-0.3, -0.25) is 9.69 Å². The second-order valence-corrected chi connectivity index (χ2v) is 6.14. The summed E-state index contributed by atoms with van der Waals surface area (Å²) in [5.41, 5.74) is 1.85. The van der Waals surface area contributed by atoms with Crippen molar-refractivity contribution in [3.8, 4) is 0 Å². The van der Waals surface area contributed by atoms with Gasteiger partial charge >= 0.3 is 0 Å². The molecule has 2 aromatic heterocycles. The summed E-state index contributed by atoms with van der Waals surface area (Å²) in [5.74, 6) is 0.442. The van der Waals surface area contributed by atoms with Crippen molar-refractivity contribution in [1.82, 2.24) is 19.8 Å². The number of aryl methyl sites for hydroxylation is 1. The lowest BCUT2D eigenvalue weighted by Crippen LogP contribution is -2.40. The second-order valence-electron chi connectivity index (χ2n) is 6.14. The van der Waals surface area contributed by atoms with E-state index in [1.807, 2.05) is 12.5 Å². The van der Waals surface area contributed by atoms with Gasteiger partial charge in [-0.2, -0.15) is 0 Å². The molecule has 0 spiro atoms. The Morgan fingerprint density at radius 2 is 2.43 bits per heavy atom. The maximum absolute atomic E-state index is 12.0. The van der Waals surface area contributed by atoms with Crippen molar-refractivity contribution in [3.05, 3.63) is 42.4 Å². The Labute approximate surface area is 136 Å². The fraction of sp³-hybridized carbons (Fsp3) is 0.529. The van der Waals surface area contributed by atoms with Gasteiger partial charge < -0.3 is 14.3 Å². The fourth-order valence-electron chi connectivity index (χ4n) is 3.19. The van der Waals surface area contributed by atoms with E-state index in [-0.39, 0.29) is 5.91 Å². The zero-order chi connectivity index (χ0) is 16.1. The molecule has 1 amide bonds. The van der Waals surface area contributed by atoms with Gasteiger partial charge in [0.05, 0.1) is 23.8 Å². The Morgan fingerprint density at radius 3 is 3.22 bits per heavy atom. The lowest BCUT2D eigenvalue weighted by Gasteiger charge is -2.32. The van der Waals surface area contributed by atoms with E-state index in [2.05, 4.69) is 26.7 Å². The molecule has 6 heteroatoms. The summed E-state index contributed by atoms with van der Waals surface area (Å²) in [5, 5.41) is 3.01. The van der Waals surface area contributed by atoms with E-state index < -0.39 is 0 Å². The van der Waals surface area contributed by atoms with E-state index in [9.17, 15) is 4.79 Å². The van der Waals surface area contributed by atoms with Crippen LogP contribution in [0, 0.1) is 5.92 Å². The molecule has 3 rings (SSSR count). The van der Waals surface area contributed by atoms with E-state index in [4.69, 9.17) is 4.42 Å². The van der Waals surface area contributed by atoms with E-state index >= 15 is 0 Å². The molecule has 1 atom stereocenters. The van der Waals surface area contributed by atoms with Crippen molar-refractivity contribution < 1.29 is 9.21 Å². The van der Waals surface area contributed by atoms with E-state index in [0.29, 0.717) is 18.0 Å². The van der Waals surface area contributed by atoms with Crippen molar-refractivity contribution >= 4 is 5.91 Å². The van der Waals surface area contributed by atoms with Crippen LogP contribution in [-0.4, -0.2) is 40.0 Å². The highest BCUT2D eigenvalue weighted by Crippen LogP contribution is 2.18. The topological polar surface area (TPSA) is 63.3 Å². The van der Waals surface area contributed by atoms with Crippen LogP contribution < -0.4 is 5.32 Å². The Hall–Kier alpha value is -2.08. The number of rotatable bonds is 6. The van der Waals surface area contributed by atoms with Crippen LogP contribution in [0.1, 0.15) is 35.8 Å². The van der Waals surface area contributed by atoms with Gasteiger partial charge in [-0.1, -0.05) is 0 Å². The molecule has 23 heavy (non-hydrogen) atoms. The monoisotopic (exact) mass is 316 g/mol. The van der Waals surface area contributed by atoms with Gasteiger partial charge in [0.1, 0.15) is 6.26 Å². The molecule has 124 valence electrons. The quantitative estimate of drug-likeness (QED) is 0.887. The first-order valence-electron chi connectivity index (χ1n) is 8.28. The number of likely N-dealkylation sites (tertiary alicyclic amines) is 1. The number of furan rings is 1. The molecule has 0 aliphatic carbocycles. The van der Waals surface area contributed by atoms with Gasteiger partial charge in [-0.05, 0) is 38.3 Å². The van der Waals surface area contributed by atoms with Gasteiger partial charge in [0, 0.05) is 32.4 Å². The van der Waals surface area contributed by atoms with Crippen LogP contribution in [0.4, 0.5) is 0 Å². The fourth-order valence-corrected chi connectivity index (χ4v) is 3.19. The van der Waals surface area contributed by atoms with Gasteiger partial charge in [0.25, 0.3) is 5.91 Å². The lowest BCUT2D eigenvalue weighted by molar-refractivity contribution is 0.0929. The molecule has 0 aromatic carbocycles. The molecule has 0 bridgehead atoms. The zero-order valence-corrected chi connectivity index (χ0v) is 13.6. The number of imidazole rings is 1. The summed E-state index contributed by atoms with van der Waals surface area (Å²) in [7, 11) is 0. The summed E-state index contributed by atoms with van der Waals surface area (Å²) in [6, 6.07) is 1.69. The van der Waals surface area contributed by atoms with Gasteiger partial charge in [0.2, 0.25) is 0 Å². The SMILES string of the molecule is CCn1cncc1CN1CCCC(CNC(=O)c2ccoc2)C1. The van der Waals surface area contributed by atoms with Crippen LogP contribution in [0.3, 0.4) is 0 Å². The first-order valence-corrected chi connectivity index (χ1v) is 8.28. The molecule has 1 aliphatic rings. The average molecular weight is 316 g/mol. The smallest absolute Gasteiger partial charge is 0.254 e. The number of carbonyl (C=O) groups is 1. The number of carbonyl (C=O) groups excluding carboxylic acids is 1. The van der Waals surface area contributed by atoms with Crippen LogP contribution in [0.2, 0.25) is 0 Å². The maximum atomic E-state index is 12.0. The van der Waals surface area contributed by atoms with E-state index in [1.165, 1.54) is 24.6 Å². The summed E-state index contributed by atoms with van der Waals surface area (Å²) in [4.78, 5) is 18.7. The molecule has 6 nitrogen and oxygen atoms in total. The average Bonchev–Trinajstić information content (AvgIpc) is 3.24. The minimum absolute atomic E-state index is 0.0556. The largest absolute Gasteiger partial charge is 0.472 e. The highest BCUT2D eigenvalue weighted by Gasteiger charge is 2.21. The summed E-state index contributed by atoms with van der Waals surface area (Å²) >= 11 is 0. The Bertz CT molecular complexity index is 620. The second kappa shape index (κ2) is 7.46. The number of hydrogen-bond donors (Lipinski definition) is 1. The Morgan fingerprint density at radius 1 is 1.52 bits per heavy atom. The molecule has 1 saturated heterocycles. The van der Waals surface area contributed by atoms with Crippen molar-refractivity contribution in [2.45, 2.75) is 32.9 Å². The molecular formula is C17H24N4O2. The third kappa shape index (κ3) is 4.01. The predicted molar refractivity (Wildman–Crippen MR) is 86.9 cm³/mol. The highest BCUT2D eigenvalue weighted by molar-refractivity contribution is 5.93. The number of hydrogen-bond acceptors (Lipinski definition) is 4. The molecule has 0 radical (unpaired) electrons. The molecule has 3 heterocycles. The number of aromatic nitrogens is 2. The third-order valence-corrected chi connectivity index (χ3v) is 4.46.